The summed E-state index contributed by atoms with van der Waals surface area (Å²) in [6.45, 7) is 1.36. The van der Waals surface area contributed by atoms with Crippen molar-refractivity contribution in [1.29, 1.82) is 0 Å². The van der Waals surface area contributed by atoms with Crippen LogP contribution >= 0.6 is 0 Å². The second-order valence-electron chi connectivity index (χ2n) is 6.57. The predicted octanol–water partition coefficient (Wildman–Crippen LogP) is 3.16. The Labute approximate surface area is 164 Å². The van der Waals surface area contributed by atoms with Crippen LogP contribution in [-0.2, 0) is 9.53 Å². The molecule has 2 heterocycles. The highest BCUT2D eigenvalue weighted by molar-refractivity contribution is 6.14. The lowest BCUT2D eigenvalue weighted by Crippen LogP contribution is -2.34. The molecule has 6 heteroatoms. The number of ether oxygens (including phenoxy) is 1. The zero-order valence-electron chi connectivity index (χ0n) is 15.8. The number of aliphatic imine (C=N–C) groups is 1. The van der Waals surface area contributed by atoms with Crippen molar-refractivity contribution in [3.63, 3.8) is 0 Å². The highest BCUT2D eigenvalue weighted by Crippen LogP contribution is 2.26. The van der Waals surface area contributed by atoms with Crippen LogP contribution in [-0.4, -0.2) is 53.2 Å². The summed E-state index contributed by atoms with van der Waals surface area (Å²) in [5, 5.41) is 4.82. The maximum Gasteiger partial charge on any atom is 0.249 e. The lowest BCUT2D eigenvalue weighted by atomic mass is 10.1. The van der Waals surface area contributed by atoms with E-state index in [9.17, 15) is 4.79 Å². The summed E-state index contributed by atoms with van der Waals surface area (Å²) >= 11 is 0. The summed E-state index contributed by atoms with van der Waals surface area (Å²) in [4.78, 5) is 18.7. The Bertz CT molecular complexity index is 980. The number of carbonyl (C=O) groups excluding carboxylic acids is 1. The van der Waals surface area contributed by atoms with Crippen LogP contribution in [0.1, 0.15) is 12.0 Å². The van der Waals surface area contributed by atoms with Gasteiger partial charge in [0.15, 0.2) is 0 Å². The molecule has 1 aliphatic rings. The predicted molar refractivity (Wildman–Crippen MR) is 109 cm³/mol. The van der Waals surface area contributed by atoms with Gasteiger partial charge in [-0.05, 0) is 18.6 Å². The van der Waals surface area contributed by atoms with Crippen LogP contribution < -0.4 is 0 Å². The lowest BCUT2D eigenvalue weighted by Gasteiger charge is -2.18. The third kappa shape index (κ3) is 3.59. The monoisotopic (exact) mass is 374 g/mol. The average molecular weight is 374 g/mol. The molecule has 0 atom stereocenters. The molecular formula is C22H22N4O2. The standard InChI is InChI=1S/C22H22N4O2/c1-28-14-8-13-25-20(27)15-23-22(25)19-16-26(18-11-6-3-7-12-18)24-21(19)17-9-4-2-5-10-17/h2-7,9-12,16H,8,13-15H2,1H3. The number of amidine groups is 1. The first-order chi connectivity index (χ1) is 13.8. The fourth-order valence-corrected chi connectivity index (χ4v) is 3.32. The molecule has 28 heavy (non-hydrogen) atoms. The van der Waals surface area contributed by atoms with Crippen molar-refractivity contribution in [1.82, 2.24) is 14.7 Å². The van der Waals surface area contributed by atoms with Gasteiger partial charge in [-0.3, -0.25) is 14.7 Å². The quantitative estimate of drug-likeness (QED) is 0.597. The first kappa shape index (κ1) is 18.1. The highest BCUT2D eigenvalue weighted by Gasteiger charge is 2.29. The number of benzene rings is 2. The van der Waals surface area contributed by atoms with Crippen molar-refractivity contribution in [2.45, 2.75) is 6.42 Å². The van der Waals surface area contributed by atoms with Crippen molar-refractivity contribution >= 4 is 11.7 Å². The molecule has 142 valence electrons. The van der Waals surface area contributed by atoms with Crippen molar-refractivity contribution in [2.75, 3.05) is 26.8 Å². The summed E-state index contributed by atoms with van der Waals surface area (Å²) in [5.74, 6) is 0.694. The van der Waals surface area contributed by atoms with Crippen LogP contribution in [0.3, 0.4) is 0 Å². The van der Waals surface area contributed by atoms with Gasteiger partial charge in [0, 0.05) is 32.0 Å². The third-order valence-electron chi connectivity index (χ3n) is 4.67. The van der Waals surface area contributed by atoms with E-state index in [0.717, 1.165) is 28.9 Å². The number of methoxy groups -OCH3 is 1. The van der Waals surface area contributed by atoms with Crippen LogP contribution in [0, 0.1) is 0 Å². The largest absolute Gasteiger partial charge is 0.385 e. The van der Waals surface area contributed by atoms with E-state index in [1.54, 1.807) is 12.0 Å². The van der Waals surface area contributed by atoms with Gasteiger partial charge >= 0.3 is 0 Å². The molecule has 0 N–H and O–H groups in total. The number of para-hydroxylation sites is 1. The molecular weight excluding hydrogens is 352 g/mol. The Morgan fingerprint density at radius 2 is 1.75 bits per heavy atom. The zero-order chi connectivity index (χ0) is 19.3. The van der Waals surface area contributed by atoms with E-state index >= 15 is 0 Å². The van der Waals surface area contributed by atoms with Gasteiger partial charge < -0.3 is 4.74 Å². The molecule has 1 aliphatic heterocycles. The summed E-state index contributed by atoms with van der Waals surface area (Å²) < 4.78 is 6.98. The van der Waals surface area contributed by atoms with E-state index in [1.165, 1.54) is 0 Å². The number of hydrogen-bond donors (Lipinski definition) is 0. The molecule has 0 saturated heterocycles. The SMILES string of the molecule is COCCCN1C(=O)CN=C1c1cn(-c2ccccc2)nc1-c1ccccc1. The molecule has 1 aromatic heterocycles. The van der Waals surface area contributed by atoms with Gasteiger partial charge in [0.05, 0.1) is 11.3 Å². The van der Waals surface area contributed by atoms with E-state index in [-0.39, 0.29) is 12.5 Å². The third-order valence-corrected chi connectivity index (χ3v) is 4.67. The van der Waals surface area contributed by atoms with Crippen LogP contribution in [0.2, 0.25) is 0 Å². The lowest BCUT2D eigenvalue weighted by molar-refractivity contribution is -0.124. The summed E-state index contributed by atoms with van der Waals surface area (Å²) in [6, 6.07) is 19.9. The molecule has 0 saturated carbocycles. The normalized spacial score (nSPS) is 13.8. The minimum absolute atomic E-state index is 0.0116. The first-order valence-electron chi connectivity index (χ1n) is 9.32. The maximum atomic E-state index is 12.4. The number of hydrogen-bond acceptors (Lipinski definition) is 4. The Kier molecular flexibility index (Phi) is 5.30. The molecule has 4 rings (SSSR count). The summed E-state index contributed by atoms with van der Waals surface area (Å²) in [7, 11) is 1.66. The van der Waals surface area contributed by atoms with Gasteiger partial charge in [-0.25, -0.2) is 4.68 Å². The molecule has 0 fully saturated rings. The Morgan fingerprint density at radius 1 is 1.04 bits per heavy atom. The number of aromatic nitrogens is 2. The van der Waals surface area contributed by atoms with Gasteiger partial charge in [-0.2, -0.15) is 5.10 Å². The molecule has 0 radical (unpaired) electrons. The van der Waals surface area contributed by atoms with E-state index in [0.29, 0.717) is 19.0 Å². The molecule has 3 aromatic rings. The van der Waals surface area contributed by atoms with Crippen LogP contribution in [0.5, 0.6) is 0 Å². The maximum absolute atomic E-state index is 12.4. The average Bonchev–Trinajstić information content (AvgIpc) is 3.34. The number of nitrogens with zero attached hydrogens (tertiary/aromatic N) is 4. The van der Waals surface area contributed by atoms with Gasteiger partial charge in [0.25, 0.3) is 0 Å². The smallest absolute Gasteiger partial charge is 0.249 e. The van der Waals surface area contributed by atoms with E-state index in [4.69, 9.17) is 9.84 Å². The number of rotatable bonds is 7. The fraction of sp³-hybridized carbons (Fsp3) is 0.227. The van der Waals surface area contributed by atoms with E-state index < -0.39 is 0 Å². The summed E-state index contributed by atoms with van der Waals surface area (Å²) in [5.41, 5.74) is 3.63. The van der Waals surface area contributed by atoms with Crippen LogP contribution in [0.25, 0.3) is 16.9 Å². The van der Waals surface area contributed by atoms with Crippen molar-refractivity contribution in [2.24, 2.45) is 4.99 Å². The molecule has 0 bridgehead atoms. The molecule has 1 amide bonds. The highest BCUT2D eigenvalue weighted by atomic mass is 16.5. The fourth-order valence-electron chi connectivity index (χ4n) is 3.32. The second kappa shape index (κ2) is 8.19. The molecule has 0 aliphatic carbocycles. The van der Waals surface area contributed by atoms with Crippen LogP contribution in [0.4, 0.5) is 0 Å². The topological polar surface area (TPSA) is 59.7 Å². The Hall–Kier alpha value is -3.25. The zero-order valence-corrected chi connectivity index (χ0v) is 15.8. The van der Waals surface area contributed by atoms with Crippen molar-refractivity contribution < 1.29 is 9.53 Å². The van der Waals surface area contributed by atoms with Crippen molar-refractivity contribution in [3.8, 4) is 16.9 Å². The molecule has 0 spiro atoms. The summed E-state index contributed by atoms with van der Waals surface area (Å²) in [6.07, 6.45) is 2.72. The molecule has 0 unspecified atom stereocenters. The van der Waals surface area contributed by atoms with Gasteiger partial charge in [-0.15, -0.1) is 0 Å². The van der Waals surface area contributed by atoms with E-state index in [1.807, 2.05) is 71.5 Å². The number of carbonyl (C=O) groups is 1. The second-order valence-corrected chi connectivity index (χ2v) is 6.57. The number of amides is 1. The minimum atomic E-state index is 0.0116. The molecule has 6 nitrogen and oxygen atoms in total. The van der Waals surface area contributed by atoms with E-state index in [2.05, 4.69) is 4.99 Å². The van der Waals surface area contributed by atoms with Gasteiger partial charge in [0.1, 0.15) is 18.1 Å². The first-order valence-corrected chi connectivity index (χ1v) is 9.32. The minimum Gasteiger partial charge on any atom is -0.385 e. The van der Waals surface area contributed by atoms with Gasteiger partial charge in [0.2, 0.25) is 5.91 Å². The van der Waals surface area contributed by atoms with Gasteiger partial charge in [-0.1, -0.05) is 48.5 Å². The Morgan fingerprint density at radius 3 is 2.46 bits per heavy atom. The van der Waals surface area contributed by atoms with Crippen molar-refractivity contribution in [3.05, 3.63) is 72.4 Å². The van der Waals surface area contributed by atoms with Crippen LogP contribution in [0.15, 0.2) is 71.9 Å². The Balaban J connectivity index is 1.77. The molecule has 2 aromatic carbocycles.